The van der Waals surface area contributed by atoms with Gasteiger partial charge < -0.3 is 10.1 Å². The third kappa shape index (κ3) is 6.23. The van der Waals surface area contributed by atoms with Crippen molar-refractivity contribution in [3.63, 3.8) is 0 Å². The van der Waals surface area contributed by atoms with E-state index in [2.05, 4.69) is 10.0 Å². The molecule has 1 aliphatic heterocycles. The Morgan fingerprint density at radius 2 is 1.58 bits per heavy atom. The Labute approximate surface area is 180 Å². The van der Waals surface area contributed by atoms with Gasteiger partial charge in [-0.2, -0.15) is 4.31 Å². The van der Waals surface area contributed by atoms with Crippen LogP contribution in [0.2, 0.25) is 0 Å². The summed E-state index contributed by atoms with van der Waals surface area (Å²) in [7, 11) is -7.38. The molecule has 0 radical (unpaired) electrons. The number of rotatable bonds is 8. The zero-order valence-corrected chi connectivity index (χ0v) is 18.1. The average molecular weight is 472 g/mol. The number of hydrogen-bond acceptors (Lipinski definition) is 6. The summed E-state index contributed by atoms with van der Waals surface area (Å²) in [5.74, 6) is -1.26. The first kappa shape index (κ1) is 23.1. The van der Waals surface area contributed by atoms with E-state index in [9.17, 15) is 26.0 Å². The molecule has 0 spiro atoms. The fourth-order valence-electron chi connectivity index (χ4n) is 2.87. The van der Waals surface area contributed by atoms with Gasteiger partial charge in [0.25, 0.3) is 15.9 Å². The summed E-state index contributed by atoms with van der Waals surface area (Å²) in [5, 5.41) is 2.54. The Hall–Kier alpha value is -2.54. The van der Waals surface area contributed by atoms with Crippen molar-refractivity contribution < 1.29 is 30.8 Å². The number of carbonyl (C=O) groups is 1. The normalized spacial score (nSPS) is 15.4. The Balaban J connectivity index is 1.54. The highest BCUT2D eigenvalue weighted by Gasteiger charge is 2.24. The smallest absolute Gasteiger partial charge is 0.261 e. The predicted octanol–water partition coefficient (Wildman–Crippen LogP) is 1.02. The maximum absolute atomic E-state index is 13.0. The fourth-order valence-corrected chi connectivity index (χ4v) is 5.25. The predicted molar refractivity (Wildman–Crippen MR) is 112 cm³/mol. The van der Waals surface area contributed by atoms with Gasteiger partial charge in [0.15, 0.2) is 0 Å². The van der Waals surface area contributed by atoms with Crippen molar-refractivity contribution in [3.8, 4) is 0 Å². The molecule has 31 heavy (non-hydrogen) atoms. The molecule has 1 fully saturated rings. The molecular formula is C19H22FN3O6S2. The highest BCUT2D eigenvalue weighted by Crippen LogP contribution is 2.17. The van der Waals surface area contributed by atoms with Gasteiger partial charge in [-0.3, -0.25) is 9.52 Å². The first-order valence-electron chi connectivity index (χ1n) is 9.40. The minimum absolute atomic E-state index is 0.0581. The Morgan fingerprint density at radius 1 is 0.968 bits per heavy atom. The first-order valence-corrected chi connectivity index (χ1v) is 12.5. The largest absolute Gasteiger partial charge is 0.379 e. The second kappa shape index (κ2) is 9.73. The number of morpholine rings is 1. The Bertz CT molecular complexity index is 1110. The van der Waals surface area contributed by atoms with E-state index in [-0.39, 0.29) is 28.4 Å². The second-order valence-electron chi connectivity index (χ2n) is 6.72. The van der Waals surface area contributed by atoms with E-state index >= 15 is 0 Å². The van der Waals surface area contributed by atoms with Gasteiger partial charge >= 0.3 is 0 Å². The van der Waals surface area contributed by atoms with Crippen LogP contribution in [-0.4, -0.2) is 65.6 Å². The van der Waals surface area contributed by atoms with Crippen molar-refractivity contribution in [3.05, 3.63) is 59.9 Å². The van der Waals surface area contributed by atoms with Crippen LogP contribution in [0.25, 0.3) is 0 Å². The lowest BCUT2D eigenvalue weighted by molar-refractivity contribution is 0.0730. The van der Waals surface area contributed by atoms with Gasteiger partial charge in [-0.05, 0) is 48.5 Å². The van der Waals surface area contributed by atoms with Crippen LogP contribution in [-0.2, 0) is 24.8 Å². The number of ether oxygens (including phenoxy) is 1. The summed E-state index contributed by atoms with van der Waals surface area (Å²) >= 11 is 0. The number of sulfonamides is 2. The van der Waals surface area contributed by atoms with Crippen LogP contribution in [0.15, 0.2) is 53.4 Å². The van der Waals surface area contributed by atoms with E-state index in [0.717, 1.165) is 24.3 Å². The minimum Gasteiger partial charge on any atom is -0.379 e. The monoisotopic (exact) mass is 471 g/mol. The van der Waals surface area contributed by atoms with Gasteiger partial charge in [0, 0.05) is 30.9 Å². The van der Waals surface area contributed by atoms with Crippen molar-refractivity contribution in [2.45, 2.75) is 4.90 Å². The fraction of sp³-hybridized carbons (Fsp3) is 0.316. The molecule has 0 aromatic heterocycles. The van der Waals surface area contributed by atoms with Gasteiger partial charge in [-0.1, -0.05) is 0 Å². The molecule has 1 amide bonds. The van der Waals surface area contributed by atoms with Gasteiger partial charge in [0.05, 0.1) is 23.9 Å². The molecule has 1 saturated heterocycles. The lowest BCUT2D eigenvalue weighted by Crippen LogP contribution is -2.43. The van der Waals surface area contributed by atoms with E-state index < -0.39 is 31.8 Å². The minimum atomic E-state index is -3.90. The highest BCUT2D eigenvalue weighted by molar-refractivity contribution is 7.92. The number of amides is 1. The van der Waals surface area contributed by atoms with Gasteiger partial charge in [0.2, 0.25) is 10.0 Å². The van der Waals surface area contributed by atoms with Crippen LogP contribution in [0.4, 0.5) is 10.1 Å². The SMILES string of the molecule is O=C(NCCS(=O)(=O)N1CCOCC1)c1ccc(NS(=O)(=O)c2ccc(F)cc2)cc1. The lowest BCUT2D eigenvalue weighted by atomic mass is 10.2. The average Bonchev–Trinajstić information content (AvgIpc) is 2.75. The standard InChI is InChI=1S/C19H22FN3O6S2/c20-16-3-7-18(8-4-16)31(27,28)22-17-5-1-15(2-6-17)19(24)21-9-14-30(25,26)23-10-12-29-13-11-23/h1-8,22H,9-14H2,(H,21,24). The summed E-state index contributed by atoms with van der Waals surface area (Å²) in [6, 6.07) is 10.0. The topological polar surface area (TPSA) is 122 Å². The van der Waals surface area contributed by atoms with Crippen molar-refractivity contribution >= 4 is 31.6 Å². The van der Waals surface area contributed by atoms with E-state index in [4.69, 9.17) is 4.74 Å². The number of halogens is 1. The van der Waals surface area contributed by atoms with E-state index in [1.54, 1.807) is 0 Å². The van der Waals surface area contributed by atoms with Crippen LogP contribution >= 0.6 is 0 Å². The van der Waals surface area contributed by atoms with E-state index in [1.807, 2.05) is 0 Å². The maximum atomic E-state index is 13.0. The molecule has 0 aliphatic carbocycles. The molecule has 9 nitrogen and oxygen atoms in total. The molecule has 2 aromatic rings. The molecule has 2 N–H and O–H groups in total. The zero-order chi connectivity index (χ0) is 22.5. The molecule has 2 aromatic carbocycles. The molecule has 12 heteroatoms. The lowest BCUT2D eigenvalue weighted by Gasteiger charge is -2.26. The second-order valence-corrected chi connectivity index (χ2v) is 10.5. The van der Waals surface area contributed by atoms with Gasteiger partial charge in [-0.15, -0.1) is 0 Å². The van der Waals surface area contributed by atoms with Crippen molar-refractivity contribution in [1.29, 1.82) is 0 Å². The molecule has 1 aliphatic rings. The Morgan fingerprint density at radius 3 is 2.19 bits per heavy atom. The van der Waals surface area contributed by atoms with Gasteiger partial charge in [-0.25, -0.2) is 21.2 Å². The molecule has 0 saturated carbocycles. The van der Waals surface area contributed by atoms with E-state index in [0.29, 0.717) is 26.3 Å². The summed E-state index contributed by atoms with van der Waals surface area (Å²) in [5.41, 5.74) is 0.462. The summed E-state index contributed by atoms with van der Waals surface area (Å²) < 4.78 is 70.9. The van der Waals surface area contributed by atoms with Crippen LogP contribution in [0.1, 0.15) is 10.4 Å². The number of benzene rings is 2. The Kier molecular flexibility index (Phi) is 7.26. The third-order valence-corrected chi connectivity index (χ3v) is 7.80. The molecule has 0 unspecified atom stereocenters. The zero-order valence-electron chi connectivity index (χ0n) is 16.5. The van der Waals surface area contributed by atoms with Crippen LogP contribution in [0.5, 0.6) is 0 Å². The number of carbonyl (C=O) groups excluding carboxylic acids is 1. The molecule has 0 atom stereocenters. The van der Waals surface area contributed by atoms with Crippen molar-refractivity contribution in [2.75, 3.05) is 43.3 Å². The molecular weight excluding hydrogens is 449 g/mol. The first-order chi connectivity index (χ1) is 14.7. The van der Waals surface area contributed by atoms with Crippen LogP contribution < -0.4 is 10.0 Å². The van der Waals surface area contributed by atoms with Gasteiger partial charge in [0.1, 0.15) is 5.82 Å². The van der Waals surface area contributed by atoms with Crippen molar-refractivity contribution in [2.24, 2.45) is 0 Å². The number of anilines is 1. The molecule has 0 bridgehead atoms. The number of nitrogens with zero attached hydrogens (tertiary/aromatic N) is 1. The van der Waals surface area contributed by atoms with Crippen LogP contribution in [0, 0.1) is 5.82 Å². The molecule has 3 rings (SSSR count). The van der Waals surface area contributed by atoms with Crippen LogP contribution in [0.3, 0.4) is 0 Å². The summed E-state index contributed by atoms with van der Waals surface area (Å²) in [6.07, 6.45) is 0. The number of nitrogens with one attached hydrogen (secondary N) is 2. The number of hydrogen-bond donors (Lipinski definition) is 2. The molecule has 1 heterocycles. The molecule has 168 valence electrons. The maximum Gasteiger partial charge on any atom is 0.261 e. The van der Waals surface area contributed by atoms with E-state index in [1.165, 1.54) is 28.6 Å². The third-order valence-electron chi connectivity index (χ3n) is 4.53. The highest BCUT2D eigenvalue weighted by atomic mass is 32.2. The summed E-state index contributed by atoms with van der Waals surface area (Å²) in [6.45, 7) is 1.24. The summed E-state index contributed by atoms with van der Waals surface area (Å²) in [4.78, 5) is 12.1. The van der Waals surface area contributed by atoms with Crippen molar-refractivity contribution in [1.82, 2.24) is 9.62 Å². The quantitative estimate of drug-likeness (QED) is 0.593.